The lowest BCUT2D eigenvalue weighted by atomic mass is 10.1. The molecule has 1 rings (SSSR count). The van der Waals surface area contributed by atoms with E-state index in [0.717, 1.165) is 25.7 Å². The molecule has 0 heterocycles. The molecule has 4 heteroatoms. The van der Waals surface area contributed by atoms with Crippen molar-refractivity contribution in [2.24, 2.45) is 0 Å². The fourth-order valence-corrected chi connectivity index (χ4v) is 3.44. The van der Waals surface area contributed by atoms with E-state index in [2.05, 4.69) is 19.1 Å². The maximum absolute atomic E-state index is 12.0. The van der Waals surface area contributed by atoms with Crippen LogP contribution in [0.5, 0.6) is 0 Å². The number of hydrogen-bond acceptors (Lipinski definition) is 3. The van der Waals surface area contributed by atoms with Crippen LogP contribution in [0.25, 0.3) is 0 Å². The number of carbonyl (C=O) groups is 2. The van der Waals surface area contributed by atoms with Gasteiger partial charge >= 0.3 is 11.9 Å². The van der Waals surface area contributed by atoms with Crippen LogP contribution in [-0.2, 0) is 4.74 Å². The van der Waals surface area contributed by atoms with Gasteiger partial charge in [-0.2, -0.15) is 0 Å². The van der Waals surface area contributed by atoms with Gasteiger partial charge in [0.05, 0.1) is 17.7 Å². The number of aromatic carboxylic acids is 1. The Bertz CT molecular complexity index is 621. The fourth-order valence-electron chi connectivity index (χ4n) is 3.44. The second kappa shape index (κ2) is 17.7. The zero-order valence-electron chi connectivity index (χ0n) is 18.7. The van der Waals surface area contributed by atoms with Gasteiger partial charge in [-0.3, -0.25) is 0 Å². The Balaban J connectivity index is 1.95. The normalized spacial score (nSPS) is 11.1. The van der Waals surface area contributed by atoms with Crippen LogP contribution in [0.2, 0.25) is 0 Å². The molecule has 0 aliphatic carbocycles. The molecule has 0 spiro atoms. The van der Waals surface area contributed by atoms with Crippen molar-refractivity contribution in [2.45, 2.75) is 96.8 Å². The molecule has 168 valence electrons. The van der Waals surface area contributed by atoms with E-state index in [1.165, 1.54) is 76.3 Å². The van der Waals surface area contributed by atoms with E-state index in [1.54, 1.807) is 12.1 Å². The molecule has 0 aliphatic heterocycles. The molecule has 0 bridgehead atoms. The monoisotopic (exact) mass is 416 g/mol. The van der Waals surface area contributed by atoms with Crippen molar-refractivity contribution in [1.82, 2.24) is 0 Å². The first-order valence-electron chi connectivity index (χ1n) is 11.8. The highest BCUT2D eigenvalue weighted by Gasteiger charge is 2.16. The van der Waals surface area contributed by atoms with Crippen molar-refractivity contribution in [2.75, 3.05) is 6.61 Å². The van der Waals surface area contributed by atoms with Crippen LogP contribution < -0.4 is 0 Å². The van der Waals surface area contributed by atoms with E-state index in [1.807, 2.05) is 0 Å². The van der Waals surface area contributed by atoms with E-state index >= 15 is 0 Å². The molecule has 0 atom stereocenters. The molecule has 0 fully saturated rings. The molecule has 1 aromatic rings. The van der Waals surface area contributed by atoms with Crippen molar-refractivity contribution in [1.29, 1.82) is 0 Å². The van der Waals surface area contributed by atoms with Crippen molar-refractivity contribution in [3.05, 3.63) is 47.5 Å². The molecule has 0 aromatic heterocycles. The second-order valence-corrected chi connectivity index (χ2v) is 7.92. The molecule has 0 unspecified atom stereocenters. The van der Waals surface area contributed by atoms with Crippen LogP contribution in [0, 0.1) is 0 Å². The number of unbranched alkanes of at least 4 members (excludes halogenated alkanes) is 12. The van der Waals surface area contributed by atoms with Gasteiger partial charge in [0.25, 0.3) is 0 Å². The number of carbonyl (C=O) groups excluding carboxylic acids is 1. The molecular weight excluding hydrogens is 376 g/mol. The lowest BCUT2D eigenvalue weighted by Crippen LogP contribution is -2.12. The van der Waals surface area contributed by atoms with Gasteiger partial charge in [0.1, 0.15) is 0 Å². The first-order valence-corrected chi connectivity index (χ1v) is 11.8. The molecule has 0 amide bonds. The molecule has 30 heavy (non-hydrogen) atoms. The number of esters is 1. The summed E-state index contributed by atoms with van der Waals surface area (Å²) in [5, 5.41) is 9.12. The molecule has 0 radical (unpaired) electrons. The lowest BCUT2D eigenvalue weighted by molar-refractivity contribution is 0.0487. The summed E-state index contributed by atoms with van der Waals surface area (Å²) >= 11 is 0. The number of benzene rings is 1. The highest BCUT2D eigenvalue weighted by molar-refractivity contribution is 6.02. The molecular formula is C26H40O4. The SMILES string of the molecule is CCCCCCCCCCC/C=C/CCCCCOC(=O)c1ccccc1C(=O)O. The molecule has 1 N–H and O–H groups in total. The van der Waals surface area contributed by atoms with E-state index in [4.69, 9.17) is 9.84 Å². The lowest BCUT2D eigenvalue weighted by Gasteiger charge is -2.06. The first-order chi connectivity index (χ1) is 14.7. The maximum Gasteiger partial charge on any atom is 0.339 e. The third kappa shape index (κ3) is 12.5. The minimum atomic E-state index is -1.11. The van der Waals surface area contributed by atoms with Crippen molar-refractivity contribution < 1.29 is 19.4 Å². The van der Waals surface area contributed by atoms with Crippen molar-refractivity contribution in [3.63, 3.8) is 0 Å². The molecule has 0 saturated carbocycles. The summed E-state index contributed by atoms with van der Waals surface area (Å²) in [7, 11) is 0. The average molecular weight is 417 g/mol. The highest BCUT2D eigenvalue weighted by Crippen LogP contribution is 2.12. The number of carboxylic acid groups (broad SMARTS) is 1. The van der Waals surface area contributed by atoms with Gasteiger partial charge in [-0.25, -0.2) is 9.59 Å². The van der Waals surface area contributed by atoms with E-state index < -0.39 is 11.9 Å². The quantitative estimate of drug-likeness (QED) is 0.152. The Labute approximate surface area is 182 Å². The van der Waals surface area contributed by atoms with Gasteiger partial charge in [0, 0.05) is 0 Å². The number of allylic oxidation sites excluding steroid dienone is 2. The topological polar surface area (TPSA) is 63.6 Å². The van der Waals surface area contributed by atoms with Gasteiger partial charge in [0.15, 0.2) is 0 Å². The zero-order chi connectivity index (χ0) is 21.9. The van der Waals surface area contributed by atoms with Crippen LogP contribution >= 0.6 is 0 Å². The minimum absolute atomic E-state index is 0.0142. The maximum atomic E-state index is 12.0. The van der Waals surface area contributed by atoms with Gasteiger partial charge in [0.2, 0.25) is 0 Å². The molecule has 0 aliphatic rings. The standard InChI is InChI=1S/C26H40O4/c1-2-3-4-5-6-7-8-9-10-11-12-13-14-15-16-19-22-30-26(29)24-21-18-17-20-23(24)25(27)28/h12-13,17-18,20-21H,2-11,14-16,19,22H2,1H3,(H,27,28)/b13-12+. The van der Waals surface area contributed by atoms with Crippen LogP contribution in [0.1, 0.15) is 118 Å². The fraction of sp³-hybridized carbons (Fsp3) is 0.615. The predicted molar refractivity (Wildman–Crippen MR) is 123 cm³/mol. The number of hydrogen-bond donors (Lipinski definition) is 1. The average Bonchev–Trinajstić information content (AvgIpc) is 2.75. The number of ether oxygens (including phenoxy) is 1. The van der Waals surface area contributed by atoms with Crippen LogP contribution in [0.3, 0.4) is 0 Å². The third-order valence-electron chi connectivity index (χ3n) is 5.27. The summed E-state index contributed by atoms with van der Waals surface area (Å²) in [5.74, 6) is -1.68. The van der Waals surface area contributed by atoms with E-state index in [-0.39, 0.29) is 11.1 Å². The number of rotatable bonds is 18. The minimum Gasteiger partial charge on any atom is -0.478 e. The largest absolute Gasteiger partial charge is 0.478 e. The van der Waals surface area contributed by atoms with Gasteiger partial charge < -0.3 is 9.84 Å². The molecule has 4 nitrogen and oxygen atoms in total. The third-order valence-corrected chi connectivity index (χ3v) is 5.27. The molecule has 1 aromatic carbocycles. The zero-order valence-corrected chi connectivity index (χ0v) is 18.7. The van der Waals surface area contributed by atoms with Gasteiger partial charge in [-0.15, -0.1) is 0 Å². The first kappa shape index (κ1) is 25.9. The Morgan fingerprint density at radius 3 is 1.83 bits per heavy atom. The van der Waals surface area contributed by atoms with E-state index in [9.17, 15) is 9.59 Å². The van der Waals surface area contributed by atoms with Gasteiger partial charge in [-0.1, -0.05) is 82.6 Å². The summed E-state index contributed by atoms with van der Waals surface area (Å²) in [6.07, 6.45) is 22.0. The molecule has 0 saturated heterocycles. The van der Waals surface area contributed by atoms with Crippen molar-refractivity contribution >= 4 is 11.9 Å². The summed E-state index contributed by atoms with van der Waals surface area (Å²) in [6, 6.07) is 6.15. The van der Waals surface area contributed by atoms with Crippen LogP contribution in [0.4, 0.5) is 0 Å². The summed E-state index contributed by atoms with van der Waals surface area (Å²) in [4.78, 5) is 23.2. The van der Waals surface area contributed by atoms with Crippen LogP contribution in [0.15, 0.2) is 36.4 Å². The predicted octanol–water partition coefficient (Wildman–Crippen LogP) is 7.58. The van der Waals surface area contributed by atoms with Gasteiger partial charge in [-0.05, 0) is 50.7 Å². The van der Waals surface area contributed by atoms with Crippen LogP contribution in [-0.4, -0.2) is 23.7 Å². The Morgan fingerprint density at radius 1 is 0.767 bits per heavy atom. The highest BCUT2D eigenvalue weighted by atomic mass is 16.5. The Kier molecular flexibility index (Phi) is 15.3. The Hall–Kier alpha value is -2.10. The Morgan fingerprint density at radius 2 is 1.27 bits per heavy atom. The smallest absolute Gasteiger partial charge is 0.339 e. The summed E-state index contributed by atoms with van der Waals surface area (Å²) in [5.41, 5.74) is 0.101. The summed E-state index contributed by atoms with van der Waals surface area (Å²) in [6.45, 7) is 2.59. The van der Waals surface area contributed by atoms with Crippen molar-refractivity contribution in [3.8, 4) is 0 Å². The van der Waals surface area contributed by atoms with E-state index in [0.29, 0.717) is 6.61 Å². The second-order valence-electron chi connectivity index (χ2n) is 7.92. The number of carboxylic acids is 1. The summed E-state index contributed by atoms with van der Waals surface area (Å²) < 4.78 is 5.22.